The molecule has 0 bridgehead atoms. The highest BCUT2D eigenvalue weighted by molar-refractivity contribution is 7.88. The van der Waals surface area contributed by atoms with Crippen molar-refractivity contribution in [3.63, 3.8) is 0 Å². The Bertz CT molecular complexity index is 885. The molecule has 2 saturated heterocycles. The van der Waals surface area contributed by atoms with Gasteiger partial charge < -0.3 is 14.5 Å². The lowest BCUT2D eigenvalue weighted by Crippen LogP contribution is -2.53. The minimum atomic E-state index is -3.41. The van der Waals surface area contributed by atoms with Gasteiger partial charge >= 0.3 is 6.09 Å². The Balaban J connectivity index is 1.43. The minimum absolute atomic E-state index is 0.00550. The molecule has 0 saturated carbocycles. The summed E-state index contributed by atoms with van der Waals surface area (Å²) in [6.07, 6.45) is 0.500. The molecular weight excluding hydrogens is 444 g/mol. The second kappa shape index (κ2) is 11.8. The number of piperazine rings is 1. The molecule has 1 aromatic carbocycles. The molecule has 0 radical (unpaired) electrons. The van der Waals surface area contributed by atoms with E-state index in [0.717, 1.165) is 18.5 Å². The Morgan fingerprint density at radius 2 is 1.58 bits per heavy atom. The quantitative estimate of drug-likeness (QED) is 0.587. The number of rotatable bonds is 7. The zero-order chi connectivity index (χ0) is 23.8. The highest BCUT2D eigenvalue weighted by Crippen LogP contribution is 2.14. The average Bonchev–Trinajstić information content (AvgIpc) is 3.03. The fraction of sp³-hybridized carbons (Fsp3) is 0.652. The van der Waals surface area contributed by atoms with Crippen LogP contribution in [0.5, 0.6) is 0 Å². The van der Waals surface area contributed by atoms with Crippen molar-refractivity contribution in [3.05, 3.63) is 35.9 Å². The van der Waals surface area contributed by atoms with E-state index in [1.165, 1.54) is 4.31 Å². The topological polar surface area (TPSA) is 90.5 Å². The van der Waals surface area contributed by atoms with Crippen molar-refractivity contribution in [2.24, 2.45) is 5.92 Å². The van der Waals surface area contributed by atoms with Gasteiger partial charge in [0.2, 0.25) is 15.9 Å². The maximum Gasteiger partial charge on any atom is 0.409 e. The number of carbonyl (C=O) groups excluding carboxylic acids is 2. The monoisotopic (exact) mass is 480 g/mol. The molecule has 2 aliphatic heterocycles. The van der Waals surface area contributed by atoms with Crippen LogP contribution in [0.4, 0.5) is 4.79 Å². The van der Waals surface area contributed by atoms with Crippen molar-refractivity contribution in [1.82, 2.24) is 19.0 Å². The third-order valence-electron chi connectivity index (χ3n) is 5.92. The van der Waals surface area contributed by atoms with Gasteiger partial charge in [-0.1, -0.05) is 44.2 Å². The van der Waals surface area contributed by atoms with Gasteiger partial charge in [0.25, 0.3) is 0 Å². The number of ether oxygens (including phenoxy) is 1. The molecule has 1 aromatic rings. The van der Waals surface area contributed by atoms with E-state index in [9.17, 15) is 18.0 Å². The third-order valence-corrected chi connectivity index (χ3v) is 7.77. The van der Waals surface area contributed by atoms with Crippen molar-refractivity contribution in [2.75, 3.05) is 65.5 Å². The van der Waals surface area contributed by atoms with Crippen LogP contribution in [0.3, 0.4) is 0 Å². The smallest absolute Gasteiger partial charge is 0.409 e. The molecule has 10 heteroatoms. The van der Waals surface area contributed by atoms with Gasteiger partial charge in [0.05, 0.1) is 18.9 Å². The molecule has 2 heterocycles. The summed E-state index contributed by atoms with van der Waals surface area (Å²) in [5.41, 5.74) is 0.763. The molecule has 0 aliphatic carbocycles. The highest BCUT2D eigenvalue weighted by Gasteiger charge is 2.30. The SMILES string of the molecule is CC(C)COC(=O)N1CCCN(CC(=O)N2CCN(S(=O)(=O)Cc3ccccc3)CC2)CC1. The van der Waals surface area contributed by atoms with E-state index < -0.39 is 10.0 Å². The van der Waals surface area contributed by atoms with Gasteiger partial charge in [-0.3, -0.25) is 9.69 Å². The molecule has 2 fully saturated rings. The van der Waals surface area contributed by atoms with E-state index in [2.05, 4.69) is 4.90 Å². The van der Waals surface area contributed by atoms with Crippen LogP contribution in [0, 0.1) is 5.92 Å². The number of nitrogens with zero attached hydrogens (tertiary/aromatic N) is 4. The van der Waals surface area contributed by atoms with Gasteiger partial charge in [-0.2, -0.15) is 4.31 Å². The molecule has 2 aliphatic rings. The Morgan fingerprint density at radius 1 is 0.909 bits per heavy atom. The average molecular weight is 481 g/mol. The number of benzene rings is 1. The lowest BCUT2D eigenvalue weighted by molar-refractivity contribution is -0.133. The van der Waals surface area contributed by atoms with E-state index in [0.29, 0.717) is 58.3 Å². The van der Waals surface area contributed by atoms with Crippen LogP contribution in [0.1, 0.15) is 25.8 Å². The second-order valence-electron chi connectivity index (χ2n) is 9.11. The number of sulfonamides is 1. The van der Waals surface area contributed by atoms with Crippen LogP contribution < -0.4 is 0 Å². The Kier molecular flexibility index (Phi) is 9.10. The summed E-state index contributed by atoms with van der Waals surface area (Å²) in [5, 5.41) is 0. The summed E-state index contributed by atoms with van der Waals surface area (Å²) in [6, 6.07) is 9.14. The molecule has 0 N–H and O–H groups in total. The highest BCUT2D eigenvalue weighted by atomic mass is 32.2. The number of carbonyl (C=O) groups is 2. The third kappa shape index (κ3) is 7.68. The maximum atomic E-state index is 12.8. The van der Waals surface area contributed by atoms with Gasteiger partial charge in [-0.25, -0.2) is 13.2 Å². The first kappa shape index (κ1) is 25.5. The molecule has 0 unspecified atom stereocenters. The predicted octanol–water partition coefficient (Wildman–Crippen LogP) is 1.46. The van der Waals surface area contributed by atoms with Gasteiger partial charge in [0.1, 0.15) is 0 Å². The summed E-state index contributed by atoms with van der Waals surface area (Å²) in [5.74, 6) is 0.279. The number of amides is 2. The Labute approximate surface area is 197 Å². The van der Waals surface area contributed by atoms with E-state index in [4.69, 9.17) is 4.74 Å². The zero-order valence-corrected chi connectivity index (χ0v) is 20.5. The van der Waals surface area contributed by atoms with E-state index in [1.54, 1.807) is 9.80 Å². The summed E-state index contributed by atoms with van der Waals surface area (Å²) in [4.78, 5) is 30.6. The van der Waals surface area contributed by atoms with Crippen LogP contribution >= 0.6 is 0 Å². The van der Waals surface area contributed by atoms with E-state index in [1.807, 2.05) is 44.2 Å². The molecule has 0 aromatic heterocycles. The first-order valence-corrected chi connectivity index (χ1v) is 13.3. The molecule has 9 nitrogen and oxygen atoms in total. The van der Waals surface area contributed by atoms with Crippen LogP contribution in [0.15, 0.2) is 30.3 Å². The van der Waals surface area contributed by atoms with Gasteiger partial charge in [0, 0.05) is 52.4 Å². The van der Waals surface area contributed by atoms with Crippen LogP contribution in [-0.2, 0) is 25.3 Å². The second-order valence-corrected chi connectivity index (χ2v) is 11.1. The zero-order valence-electron chi connectivity index (χ0n) is 19.7. The maximum absolute atomic E-state index is 12.8. The van der Waals surface area contributed by atoms with E-state index >= 15 is 0 Å². The van der Waals surface area contributed by atoms with Crippen molar-refractivity contribution >= 4 is 22.0 Å². The minimum Gasteiger partial charge on any atom is -0.449 e. The largest absolute Gasteiger partial charge is 0.449 e. The molecule has 0 spiro atoms. The molecular formula is C23H36N4O5S. The lowest BCUT2D eigenvalue weighted by atomic mass is 10.2. The first-order chi connectivity index (χ1) is 15.7. The molecule has 0 atom stereocenters. The van der Waals surface area contributed by atoms with Crippen LogP contribution in [0.2, 0.25) is 0 Å². The van der Waals surface area contributed by atoms with Crippen molar-refractivity contribution < 1.29 is 22.7 Å². The molecule has 184 valence electrons. The summed E-state index contributed by atoms with van der Waals surface area (Å²) in [7, 11) is -3.41. The molecule has 33 heavy (non-hydrogen) atoms. The van der Waals surface area contributed by atoms with Crippen molar-refractivity contribution in [1.29, 1.82) is 0 Å². The van der Waals surface area contributed by atoms with Crippen molar-refractivity contribution in [3.8, 4) is 0 Å². The number of hydrogen-bond acceptors (Lipinski definition) is 6. The Hall–Kier alpha value is -2.17. The fourth-order valence-corrected chi connectivity index (χ4v) is 5.54. The summed E-state index contributed by atoms with van der Waals surface area (Å²) < 4.78 is 32.3. The van der Waals surface area contributed by atoms with Crippen LogP contribution in [0.25, 0.3) is 0 Å². The standard InChI is InChI=1S/C23H36N4O5S/c1-20(2)18-32-23(29)26-10-6-9-24(11-12-26)17-22(28)25-13-15-27(16-14-25)33(30,31)19-21-7-4-3-5-8-21/h3-5,7-8,20H,6,9-19H2,1-2H3. The van der Waals surface area contributed by atoms with Crippen LogP contribution in [-0.4, -0.2) is 105 Å². The summed E-state index contributed by atoms with van der Waals surface area (Å²) in [6.45, 7) is 8.64. The lowest BCUT2D eigenvalue weighted by Gasteiger charge is -2.35. The molecule has 2 amide bonds. The number of hydrogen-bond donors (Lipinski definition) is 0. The van der Waals surface area contributed by atoms with Gasteiger partial charge in [0.15, 0.2) is 0 Å². The van der Waals surface area contributed by atoms with Crippen molar-refractivity contribution in [2.45, 2.75) is 26.0 Å². The van der Waals surface area contributed by atoms with Gasteiger partial charge in [-0.15, -0.1) is 0 Å². The molecule has 3 rings (SSSR count). The van der Waals surface area contributed by atoms with E-state index in [-0.39, 0.29) is 24.3 Å². The van der Waals surface area contributed by atoms with Gasteiger partial charge in [-0.05, 0) is 17.9 Å². The predicted molar refractivity (Wildman–Crippen MR) is 126 cm³/mol. The fourth-order valence-electron chi connectivity index (χ4n) is 4.02. The Morgan fingerprint density at radius 3 is 2.24 bits per heavy atom. The first-order valence-electron chi connectivity index (χ1n) is 11.7. The summed E-state index contributed by atoms with van der Waals surface area (Å²) >= 11 is 0. The normalized spacial score (nSPS) is 18.9.